The van der Waals surface area contributed by atoms with Crippen LogP contribution in [0.5, 0.6) is 5.75 Å². The number of benzene rings is 2. The molecule has 0 atom stereocenters. The molecule has 2 aromatic rings. The van der Waals surface area contributed by atoms with Crippen molar-refractivity contribution in [3.63, 3.8) is 0 Å². The molecule has 0 aromatic heterocycles. The first kappa shape index (κ1) is 10.9. The van der Waals surface area contributed by atoms with Gasteiger partial charge in [-0.05, 0) is 11.5 Å². The summed E-state index contributed by atoms with van der Waals surface area (Å²) in [6.07, 6.45) is 0. The fraction of sp³-hybridized carbons (Fsp3) is 0.143. The van der Waals surface area contributed by atoms with Crippen molar-refractivity contribution in [1.29, 1.82) is 0 Å². The first-order valence-corrected chi connectivity index (χ1v) is 5.65. The molecule has 0 aliphatic rings. The van der Waals surface area contributed by atoms with E-state index < -0.39 is 0 Å². The molecule has 0 aliphatic carbocycles. The van der Waals surface area contributed by atoms with Gasteiger partial charge in [-0.2, -0.15) is 12.6 Å². The van der Waals surface area contributed by atoms with E-state index in [0.29, 0.717) is 5.75 Å². The van der Waals surface area contributed by atoms with E-state index in [2.05, 4.69) is 36.6 Å². The van der Waals surface area contributed by atoms with Crippen LogP contribution in [-0.4, -0.2) is 12.9 Å². The van der Waals surface area contributed by atoms with Gasteiger partial charge in [0.1, 0.15) is 5.75 Å². The summed E-state index contributed by atoms with van der Waals surface area (Å²) in [4.78, 5) is 0. The SMILES string of the molecule is COc1ccc2ccccc2c1C#CCS. The van der Waals surface area contributed by atoms with Crippen LogP contribution < -0.4 is 4.74 Å². The van der Waals surface area contributed by atoms with E-state index in [4.69, 9.17) is 4.74 Å². The predicted octanol–water partition coefficient (Wildman–Crippen LogP) is 3.13. The van der Waals surface area contributed by atoms with E-state index in [-0.39, 0.29) is 0 Å². The highest BCUT2D eigenvalue weighted by Gasteiger charge is 2.04. The molecule has 0 N–H and O–H groups in total. The molecule has 0 saturated heterocycles. The Morgan fingerprint density at radius 1 is 1.19 bits per heavy atom. The van der Waals surface area contributed by atoms with Crippen molar-refractivity contribution in [3.05, 3.63) is 42.0 Å². The molecule has 80 valence electrons. The Bertz CT molecular complexity index is 564. The highest BCUT2D eigenvalue weighted by atomic mass is 32.1. The first-order valence-electron chi connectivity index (χ1n) is 5.02. The lowest BCUT2D eigenvalue weighted by Gasteiger charge is -2.06. The highest BCUT2D eigenvalue weighted by Crippen LogP contribution is 2.26. The molecule has 2 aromatic carbocycles. The number of rotatable bonds is 1. The van der Waals surface area contributed by atoms with E-state index in [1.165, 1.54) is 5.39 Å². The van der Waals surface area contributed by atoms with Crippen LogP contribution in [0.1, 0.15) is 5.56 Å². The van der Waals surface area contributed by atoms with Gasteiger partial charge in [0.2, 0.25) is 0 Å². The summed E-state index contributed by atoms with van der Waals surface area (Å²) >= 11 is 4.09. The number of ether oxygens (including phenoxy) is 1. The summed E-state index contributed by atoms with van der Waals surface area (Å²) in [6, 6.07) is 12.1. The van der Waals surface area contributed by atoms with Gasteiger partial charge in [-0.25, -0.2) is 0 Å². The van der Waals surface area contributed by atoms with Crippen molar-refractivity contribution in [1.82, 2.24) is 0 Å². The molecule has 0 heterocycles. The fourth-order valence-electron chi connectivity index (χ4n) is 1.68. The molecule has 1 nitrogen and oxygen atoms in total. The van der Waals surface area contributed by atoms with Gasteiger partial charge in [-0.1, -0.05) is 42.2 Å². The summed E-state index contributed by atoms with van der Waals surface area (Å²) < 4.78 is 5.32. The van der Waals surface area contributed by atoms with Gasteiger partial charge in [0.05, 0.1) is 18.4 Å². The largest absolute Gasteiger partial charge is 0.495 e. The van der Waals surface area contributed by atoms with Crippen LogP contribution in [0.15, 0.2) is 36.4 Å². The van der Waals surface area contributed by atoms with Gasteiger partial charge in [0.15, 0.2) is 0 Å². The third-order valence-electron chi connectivity index (χ3n) is 2.40. The van der Waals surface area contributed by atoms with Crippen LogP contribution >= 0.6 is 12.6 Å². The topological polar surface area (TPSA) is 9.23 Å². The second kappa shape index (κ2) is 4.96. The number of thiol groups is 1. The Balaban J connectivity index is 2.73. The van der Waals surface area contributed by atoms with Crippen molar-refractivity contribution < 1.29 is 4.74 Å². The van der Waals surface area contributed by atoms with Gasteiger partial charge in [-0.3, -0.25) is 0 Å². The zero-order chi connectivity index (χ0) is 11.4. The third-order valence-corrected chi connectivity index (χ3v) is 2.56. The van der Waals surface area contributed by atoms with Crippen LogP contribution in [0, 0.1) is 11.8 Å². The van der Waals surface area contributed by atoms with E-state index in [1.807, 2.05) is 24.3 Å². The second-order valence-corrected chi connectivity index (χ2v) is 3.64. The fourth-order valence-corrected chi connectivity index (χ4v) is 1.76. The Kier molecular flexibility index (Phi) is 3.38. The molecule has 0 amide bonds. The van der Waals surface area contributed by atoms with E-state index in [9.17, 15) is 0 Å². The molecule has 16 heavy (non-hydrogen) atoms. The molecule has 2 heteroatoms. The van der Waals surface area contributed by atoms with Crippen molar-refractivity contribution >= 4 is 23.4 Å². The van der Waals surface area contributed by atoms with E-state index >= 15 is 0 Å². The van der Waals surface area contributed by atoms with Gasteiger partial charge >= 0.3 is 0 Å². The van der Waals surface area contributed by atoms with Gasteiger partial charge in [-0.15, -0.1) is 0 Å². The lowest BCUT2D eigenvalue weighted by Crippen LogP contribution is -1.89. The minimum absolute atomic E-state index is 0.548. The normalized spacial score (nSPS) is 9.62. The summed E-state index contributed by atoms with van der Waals surface area (Å²) in [5.41, 5.74) is 0.939. The van der Waals surface area contributed by atoms with Crippen molar-refractivity contribution in [3.8, 4) is 17.6 Å². The smallest absolute Gasteiger partial charge is 0.135 e. The van der Waals surface area contributed by atoms with Crippen LogP contribution in [0.2, 0.25) is 0 Å². The first-order chi connectivity index (χ1) is 7.86. The Morgan fingerprint density at radius 2 is 2.00 bits per heavy atom. The molecule has 0 unspecified atom stereocenters. The molecule has 2 rings (SSSR count). The maximum Gasteiger partial charge on any atom is 0.135 e. The van der Waals surface area contributed by atoms with Crippen LogP contribution in [-0.2, 0) is 0 Å². The summed E-state index contributed by atoms with van der Waals surface area (Å²) in [7, 11) is 1.66. The zero-order valence-corrected chi connectivity index (χ0v) is 9.92. The van der Waals surface area contributed by atoms with Gasteiger partial charge in [0.25, 0.3) is 0 Å². The summed E-state index contributed by atoms with van der Waals surface area (Å²) in [5, 5.41) is 2.29. The molecule has 0 saturated carbocycles. The van der Waals surface area contributed by atoms with Crippen LogP contribution in [0.4, 0.5) is 0 Å². The zero-order valence-electron chi connectivity index (χ0n) is 9.03. The molecule has 0 aliphatic heterocycles. The monoisotopic (exact) mass is 228 g/mol. The highest BCUT2D eigenvalue weighted by molar-refractivity contribution is 7.80. The minimum atomic E-state index is 0.548. The minimum Gasteiger partial charge on any atom is -0.495 e. The number of hydrogen-bond donors (Lipinski definition) is 1. The molecule has 0 fully saturated rings. The van der Waals surface area contributed by atoms with Crippen LogP contribution in [0.25, 0.3) is 10.8 Å². The Labute approximate surface area is 101 Å². The lowest BCUT2D eigenvalue weighted by molar-refractivity contribution is 0.414. The molecule has 0 spiro atoms. The molecule has 0 radical (unpaired) electrons. The lowest BCUT2D eigenvalue weighted by atomic mass is 10.0. The number of hydrogen-bond acceptors (Lipinski definition) is 2. The van der Waals surface area contributed by atoms with Gasteiger partial charge in [0, 0.05) is 5.39 Å². The second-order valence-electron chi connectivity index (χ2n) is 3.32. The summed E-state index contributed by atoms with van der Waals surface area (Å²) in [6.45, 7) is 0. The standard InChI is InChI=1S/C14H12OS/c1-15-14-9-8-11-5-2-3-6-12(11)13(14)7-4-10-16/h2-3,5-6,8-9,16H,10H2,1H3. The average molecular weight is 228 g/mol. The van der Waals surface area contributed by atoms with Crippen LogP contribution in [0.3, 0.4) is 0 Å². The van der Waals surface area contributed by atoms with Gasteiger partial charge < -0.3 is 4.74 Å². The Morgan fingerprint density at radius 3 is 2.75 bits per heavy atom. The Hall–Kier alpha value is -1.59. The van der Waals surface area contributed by atoms with Crippen molar-refractivity contribution in [2.45, 2.75) is 0 Å². The van der Waals surface area contributed by atoms with Crippen molar-refractivity contribution in [2.24, 2.45) is 0 Å². The molecular weight excluding hydrogens is 216 g/mol. The maximum absolute atomic E-state index is 5.32. The molecular formula is C14H12OS. The van der Waals surface area contributed by atoms with E-state index in [1.54, 1.807) is 7.11 Å². The third kappa shape index (κ3) is 2.00. The quantitative estimate of drug-likeness (QED) is 0.583. The van der Waals surface area contributed by atoms with Crippen molar-refractivity contribution in [2.75, 3.05) is 12.9 Å². The maximum atomic E-state index is 5.32. The predicted molar refractivity (Wildman–Crippen MR) is 71.2 cm³/mol. The number of fused-ring (bicyclic) bond motifs is 1. The van der Waals surface area contributed by atoms with E-state index in [0.717, 1.165) is 16.7 Å². The average Bonchev–Trinajstić information content (AvgIpc) is 2.35. The number of methoxy groups -OCH3 is 1. The summed E-state index contributed by atoms with van der Waals surface area (Å²) in [5.74, 6) is 7.43. The molecule has 0 bridgehead atoms.